The van der Waals surface area contributed by atoms with Crippen molar-refractivity contribution in [3.8, 4) is 16.9 Å². The molecule has 104 valence electrons. The van der Waals surface area contributed by atoms with Gasteiger partial charge in [-0.05, 0) is 18.2 Å². The van der Waals surface area contributed by atoms with E-state index in [0.717, 1.165) is 0 Å². The van der Waals surface area contributed by atoms with Gasteiger partial charge in [0.25, 0.3) is 0 Å². The number of hydrogen-bond donors (Lipinski definition) is 2. The number of primary amides is 1. The molecular weight excluding hydrogens is 272 g/mol. The summed E-state index contributed by atoms with van der Waals surface area (Å²) >= 11 is 0. The Balaban J connectivity index is 2.46. The summed E-state index contributed by atoms with van der Waals surface area (Å²) in [6.07, 6.45) is 2.96. The van der Waals surface area contributed by atoms with E-state index in [1.165, 1.54) is 30.6 Å². The summed E-state index contributed by atoms with van der Waals surface area (Å²) in [5.74, 6) is -1.06. The van der Waals surface area contributed by atoms with Crippen molar-refractivity contribution in [3.05, 3.63) is 58.7 Å². The number of nitrogens with two attached hydrogens (primary N) is 1. The van der Waals surface area contributed by atoms with Crippen molar-refractivity contribution in [2.24, 2.45) is 5.73 Å². The van der Waals surface area contributed by atoms with Crippen molar-refractivity contribution in [3.63, 3.8) is 0 Å². The van der Waals surface area contributed by atoms with Gasteiger partial charge in [-0.1, -0.05) is 12.1 Å². The first kappa shape index (κ1) is 12.9. The molecule has 0 fully saturated rings. The fraction of sp³-hybridized carbons (Fsp3) is 0. The van der Waals surface area contributed by atoms with E-state index in [1.807, 2.05) is 0 Å². The number of pyridine rings is 1. The number of hydrogen-bond acceptors (Lipinski definition) is 5. The van der Waals surface area contributed by atoms with Crippen molar-refractivity contribution in [2.45, 2.75) is 0 Å². The Morgan fingerprint density at radius 2 is 2.05 bits per heavy atom. The van der Waals surface area contributed by atoms with Crippen molar-refractivity contribution >= 4 is 16.9 Å². The van der Waals surface area contributed by atoms with Crippen LogP contribution in [0.4, 0.5) is 0 Å². The number of carbonyl (C=O) groups is 1. The van der Waals surface area contributed by atoms with Crippen LogP contribution in [0.1, 0.15) is 10.4 Å². The summed E-state index contributed by atoms with van der Waals surface area (Å²) < 4.78 is 5.17. The first-order chi connectivity index (χ1) is 10.1. The lowest BCUT2D eigenvalue weighted by Crippen LogP contribution is -2.12. The van der Waals surface area contributed by atoms with Gasteiger partial charge in [-0.25, -0.2) is 4.79 Å². The third-order valence-corrected chi connectivity index (χ3v) is 3.12. The van der Waals surface area contributed by atoms with Gasteiger partial charge in [-0.15, -0.1) is 0 Å². The van der Waals surface area contributed by atoms with E-state index in [9.17, 15) is 14.7 Å². The minimum Gasteiger partial charge on any atom is -0.506 e. The molecule has 6 nitrogen and oxygen atoms in total. The highest BCUT2D eigenvalue weighted by Gasteiger charge is 2.19. The normalized spacial score (nSPS) is 10.7. The number of benzene rings is 1. The second-order valence-electron chi connectivity index (χ2n) is 4.40. The standard InChI is InChI=1S/C15H10N2O4/c16-14(19)9-4-1-5-10-12(9)13(18)11(15(20)21-10)8-3-2-6-17-7-8/h1-7,18H,(H2,16,19). The molecule has 0 spiro atoms. The maximum absolute atomic E-state index is 12.1. The number of aromatic nitrogens is 1. The van der Waals surface area contributed by atoms with E-state index < -0.39 is 11.5 Å². The summed E-state index contributed by atoms with van der Waals surface area (Å²) in [4.78, 5) is 27.4. The minimum atomic E-state index is -0.720. The molecule has 0 radical (unpaired) electrons. The first-order valence-electron chi connectivity index (χ1n) is 6.08. The highest BCUT2D eigenvalue weighted by molar-refractivity contribution is 6.08. The largest absolute Gasteiger partial charge is 0.506 e. The Morgan fingerprint density at radius 1 is 1.24 bits per heavy atom. The number of amides is 1. The topological polar surface area (TPSA) is 106 Å². The molecule has 0 aliphatic heterocycles. The summed E-state index contributed by atoms with van der Waals surface area (Å²) in [5, 5.41) is 10.5. The van der Waals surface area contributed by atoms with Crippen molar-refractivity contribution in [2.75, 3.05) is 0 Å². The van der Waals surface area contributed by atoms with Gasteiger partial charge in [-0.3, -0.25) is 9.78 Å². The van der Waals surface area contributed by atoms with E-state index in [1.54, 1.807) is 12.1 Å². The van der Waals surface area contributed by atoms with Crippen molar-refractivity contribution in [1.82, 2.24) is 4.98 Å². The summed E-state index contributed by atoms with van der Waals surface area (Å²) in [6.45, 7) is 0. The van der Waals surface area contributed by atoms with Gasteiger partial charge >= 0.3 is 5.63 Å². The third kappa shape index (κ3) is 2.02. The Labute approximate surface area is 118 Å². The van der Waals surface area contributed by atoms with Crippen LogP contribution in [0.25, 0.3) is 22.1 Å². The van der Waals surface area contributed by atoms with Gasteiger partial charge in [0.1, 0.15) is 16.9 Å². The molecule has 0 aliphatic carbocycles. The fourth-order valence-electron chi connectivity index (χ4n) is 2.20. The maximum atomic E-state index is 12.1. The molecule has 6 heteroatoms. The predicted molar refractivity (Wildman–Crippen MR) is 75.9 cm³/mol. The Morgan fingerprint density at radius 3 is 2.71 bits per heavy atom. The number of rotatable bonds is 2. The minimum absolute atomic E-state index is 0.0516. The van der Waals surface area contributed by atoms with Crippen LogP contribution in [0.5, 0.6) is 5.75 Å². The molecule has 1 aromatic carbocycles. The number of fused-ring (bicyclic) bond motifs is 1. The average Bonchev–Trinajstić information content (AvgIpc) is 2.47. The molecule has 3 aromatic rings. The van der Waals surface area contributed by atoms with Crippen LogP contribution < -0.4 is 11.4 Å². The van der Waals surface area contributed by atoms with Crippen LogP contribution in [0.2, 0.25) is 0 Å². The molecule has 0 atom stereocenters. The molecule has 0 saturated carbocycles. The van der Waals surface area contributed by atoms with Gasteiger partial charge in [0.2, 0.25) is 5.91 Å². The number of carbonyl (C=O) groups excluding carboxylic acids is 1. The lowest BCUT2D eigenvalue weighted by molar-refractivity contribution is 0.100. The molecule has 0 aliphatic rings. The second-order valence-corrected chi connectivity index (χ2v) is 4.40. The lowest BCUT2D eigenvalue weighted by atomic mass is 10.0. The van der Waals surface area contributed by atoms with Crippen LogP contribution in [0, 0.1) is 0 Å². The SMILES string of the molecule is NC(=O)c1cccc2oc(=O)c(-c3cccnc3)c(O)c12. The molecule has 1 amide bonds. The molecule has 2 aromatic heterocycles. The summed E-state index contributed by atoms with van der Waals surface area (Å²) in [5.41, 5.74) is 5.10. The third-order valence-electron chi connectivity index (χ3n) is 3.12. The van der Waals surface area contributed by atoms with Crippen molar-refractivity contribution in [1.29, 1.82) is 0 Å². The Kier molecular flexibility index (Phi) is 2.91. The summed E-state index contributed by atoms with van der Waals surface area (Å²) in [7, 11) is 0. The smallest absolute Gasteiger partial charge is 0.348 e. The molecular formula is C15H10N2O4. The molecule has 0 saturated heterocycles. The van der Waals surface area contributed by atoms with Crippen molar-refractivity contribution < 1.29 is 14.3 Å². The zero-order valence-electron chi connectivity index (χ0n) is 10.7. The monoisotopic (exact) mass is 282 g/mol. The lowest BCUT2D eigenvalue weighted by Gasteiger charge is -2.08. The van der Waals surface area contributed by atoms with E-state index in [2.05, 4.69) is 4.98 Å². The van der Waals surface area contributed by atoms with E-state index in [-0.39, 0.29) is 27.8 Å². The molecule has 3 rings (SSSR count). The average molecular weight is 282 g/mol. The second kappa shape index (κ2) is 4.75. The highest BCUT2D eigenvalue weighted by atomic mass is 16.4. The van der Waals surface area contributed by atoms with Crippen LogP contribution in [-0.4, -0.2) is 16.0 Å². The van der Waals surface area contributed by atoms with Crippen LogP contribution >= 0.6 is 0 Å². The Bertz CT molecular complexity index is 901. The van der Waals surface area contributed by atoms with Gasteiger partial charge in [0.05, 0.1) is 10.9 Å². The van der Waals surface area contributed by atoms with E-state index in [0.29, 0.717) is 5.56 Å². The molecule has 0 unspecified atom stereocenters. The summed E-state index contributed by atoms with van der Waals surface area (Å²) in [6, 6.07) is 7.69. The van der Waals surface area contributed by atoms with Crippen LogP contribution in [-0.2, 0) is 0 Å². The van der Waals surface area contributed by atoms with Gasteiger partial charge < -0.3 is 15.3 Å². The molecule has 21 heavy (non-hydrogen) atoms. The Hall–Kier alpha value is -3.15. The number of nitrogens with zero attached hydrogens (tertiary/aromatic N) is 1. The molecule has 3 N–H and O–H groups in total. The predicted octanol–water partition coefficient (Wildman–Crippen LogP) is 1.66. The maximum Gasteiger partial charge on any atom is 0.348 e. The van der Waals surface area contributed by atoms with Gasteiger partial charge in [-0.2, -0.15) is 0 Å². The zero-order chi connectivity index (χ0) is 15.0. The van der Waals surface area contributed by atoms with Gasteiger partial charge in [0, 0.05) is 18.0 Å². The molecule has 2 heterocycles. The van der Waals surface area contributed by atoms with Gasteiger partial charge in [0.15, 0.2) is 0 Å². The highest BCUT2D eigenvalue weighted by Crippen LogP contribution is 2.34. The zero-order valence-corrected chi connectivity index (χ0v) is 10.7. The van der Waals surface area contributed by atoms with E-state index in [4.69, 9.17) is 10.2 Å². The first-order valence-corrected chi connectivity index (χ1v) is 6.08. The van der Waals surface area contributed by atoms with Crippen LogP contribution in [0.15, 0.2) is 51.9 Å². The molecule has 0 bridgehead atoms. The van der Waals surface area contributed by atoms with Crippen LogP contribution in [0.3, 0.4) is 0 Å². The quantitative estimate of drug-likeness (QED) is 0.695. The fourth-order valence-corrected chi connectivity index (χ4v) is 2.20. The number of aromatic hydroxyl groups is 1. The van der Waals surface area contributed by atoms with E-state index >= 15 is 0 Å².